The van der Waals surface area contributed by atoms with Crippen LogP contribution in [-0.4, -0.2) is 25.9 Å². The molecule has 0 aliphatic carbocycles. The minimum absolute atomic E-state index is 0.194. The van der Waals surface area contributed by atoms with Gasteiger partial charge in [-0.15, -0.1) is 10.2 Å². The van der Waals surface area contributed by atoms with Crippen LogP contribution in [0.4, 0.5) is 0 Å². The Morgan fingerprint density at radius 1 is 1.50 bits per heavy atom. The van der Waals surface area contributed by atoms with Gasteiger partial charge >= 0.3 is 0 Å². The summed E-state index contributed by atoms with van der Waals surface area (Å²) in [6.45, 7) is 3.97. The molecule has 2 aromatic heterocycles. The van der Waals surface area contributed by atoms with E-state index in [9.17, 15) is 0 Å². The zero-order valence-corrected chi connectivity index (χ0v) is 9.08. The van der Waals surface area contributed by atoms with Gasteiger partial charge in [0.05, 0.1) is 0 Å². The van der Waals surface area contributed by atoms with Crippen molar-refractivity contribution < 1.29 is 0 Å². The first-order valence-electron chi connectivity index (χ1n) is 4.64. The molecule has 1 atom stereocenters. The molecule has 0 fully saturated rings. The van der Waals surface area contributed by atoms with Gasteiger partial charge in [-0.2, -0.15) is 9.61 Å². The summed E-state index contributed by atoms with van der Waals surface area (Å²) >= 11 is 1.56. The van der Waals surface area contributed by atoms with E-state index in [1.165, 1.54) is 0 Å². The van der Waals surface area contributed by atoms with Crippen LogP contribution < -0.4 is 5.73 Å². The molecule has 0 spiro atoms. The van der Waals surface area contributed by atoms with E-state index in [-0.39, 0.29) is 6.04 Å². The molecule has 76 valence electrons. The number of nitrogens with zero attached hydrogens (tertiary/aromatic N) is 4. The van der Waals surface area contributed by atoms with Crippen LogP contribution in [0.25, 0.3) is 4.96 Å². The molecule has 0 radical (unpaired) electrons. The molecule has 0 bridgehead atoms. The maximum absolute atomic E-state index is 5.85. The average Bonchev–Trinajstić information content (AvgIpc) is 2.69. The van der Waals surface area contributed by atoms with Gasteiger partial charge in [-0.1, -0.05) is 18.3 Å². The van der Waals surface area contributed by atoms with Crippen molar-refractivity contribution in [3.05, 3.63) is 10.8 Å². The van der Waals surface area contributed by atoms with E-state index in [1.807, 2.05) is 6.92 Å². The smallest absolute Gasteiger partial charge is 0.234 e. The van der Waals surface area contributed by atoms with Gasteiger partial charge in [0, 0.05) is 12.5 Å². The van der Waals surface area contributed by atoms with Crippen molar-refractivity contribution in [2.75, 3.05) is 0 Å². The third kappa shape index (κ3) is 1.62. The van der Waals surface area contributed by atoms with Crippen LogP contribution in [0.15, 0.2) is 0 Å². The predicted octanol–water partition coefficient (Wildman–Crippen LogP) is 0.774. The molecule has 0 saturated heterocycles. The Morgan fingerprint density at radius 3 is 2.93 bits per heavy atom. The molecule has 5 nitrogen and oxygen atoms in total. The second kappa shape index (κ2) is 3.62. The maximum atomic E-state index is 5.85. The Bertz CT molecular complexity index is 432. The van der Waals surface area contributed by atoms with Crippen LogP contribution >= 0.6 is 11.3 Å². The number of nitrogens with two attached hydrogens (primary N) is 1. The van der Waals surface area contributed by atoms with Crippen LogP contribution in [0.2, 0.25) is 0 Å². The molecule has 1 unspecified atom stereocenters. The molecule has 6 heteroatoms. The van der Waals surface area contributed by atoms with Crippen molar-refractivity contribution >= 4 is 16.3 Å². The number of aromatic nitrogens is 4. The van der Waals surface area contributed by atoms with Gasteiger partial charge in [0.2, 0.25) is 4.96 Å². The highest BCUT2D eigenvalue weighted by atomic mass is 32.1. The lowest BCUT2D eigenvalue weighted by Gasteiger charge is -2.03. The van der Waals surface area contributed by atoms with Crippen LogP contribution in [-0.2, 0) is 6.42 Å². The van der Waals surface area contributed by atoms with Gasteiger partial charge in [0.25, 0.3) is 0 Å². The normalized spacial score (nSPS) is 13.6. The lowest BCUT2D eigenvalue weighted by molar-refractivity contribution is 0.636. The SMILES string of the molecule is CCC(N)Cc1nn2c(C)nnc2s1. The molecule has 0 amide bonds. The Balaban J connectivity index is 2.27. The molecule has 2 heterocycles. The lowest BCUT2D eigenvalue weighted by atomic mass is 10.2. The summed E-state index contributed by atoms with van der Waals surface area (Å²) in [5.74, 6) is 0.826. The zero-order valence-electron chi connectivity index (χ0n) is 8.27. The van der Waals surface area contributed by atoms with E-state index >= 15 is 0 Å². The number of fused-ring (bicyclic) bond motifs is 1. The minimum Gasteiger partial charge on any atom is -0.327 e. The van der Waals surface area contributed by atoms with Gasteiger partial charge < -0.3 is 5.73 Å². The number of rotatable bonds is 3. The van der Waals surface area contributed by atoms with E-state index in [1.54, 1.807) is 15.9 Å². The summed E-state index contributed by atoms with van der Waals surface area (Å²) in [6.07, 6.45) is 1.79. The van der Waals surface area contributed by atoms with E-state index in [4.69, 9.17) is 5.73 Å². The van der Waals surface area contributed by atoms with Crippen LogP contribution in [0.3, 0.4) is 0 Å². The van der Waals surface area contributed by atoms with Crippen LogP contribution in [0, 0.1) is 6.92 Å². The number of hydrogen-bond donors (Lipinski definition) is 1. The molecular formula is C8H13N5S. The Hall–Kier alpha value is -1.01. The monoisotopic (exact) mass is 211 g/mol. The van der Waals surface area contributed by atoms with Gasteiger partial charge in [0.15, 0.2) is 5.82 Å². The fraction of sp³-hybridized carbons (Fsp3) is 0.625. The second-order valence-corrected chi connectivity index (χ2v) is 4.35. The molecule has 0 aliphatic heterocycles. The number of aryl methyl sites for hydroxylation is 1. The van der Waals surface area contributed by atoms with Gasteiger partial charge in [-0.3, -0.25) is 0 Å². The minimum atomic E-state index is 0.194. The van der Waals surface area contributed by atoms with E-state index in [0.29, 0.717) is 0 Å². The van der Waals surface area contributed by atoms with Crippen molar-refractivity contribution in [1.29, 1.82) is 0 Å². The Morgan fingerprint density at radius 2 is 2.29 bits per heavy atom. The van der Waals surface area contributed by atoms with Crippen molar-refractivity contribution in [3.63, 3.8) is 0 Å². The molecular weight excluding hydrogens is 198 g/mol. The quantitative estimate of drug-likeness (QED) is 0.814. The third-order valence-electron chi connectivity index (χ3n) is 2.15. The van der Waals surface area contributed by atoms with Gasteiger partial charge in [-0.25, -0.2) is 0 Å². The van der Waals surface area contributed by atoms with Crippen molar-refractivity contribution in [1.82, 2.24) is 19.8 Å². The summed E-state index contributed by atoms with van der Waals surface area (Å²) in [7, 11) is 0. The van der Waals surface area contributed by atoms with Crippen molar-refractivity contribution in [2.45, 2.75) is 32.7 Å². The lowest BCUT2D eigenvalue weighted by Crippen LogP contribution is -2.21. The summed E-state index contributed by atoms with van der Waals surface area (Å²) in [4.78, 5) is 0.848. The van der Waals surface area contributed by atoms with Gasteiger partial charge in [-0.05, 0) is 13.3 Å². The highest BCUT2D eigenvalue weighted by Gasteiger charge is 2.10. The highest BCUT2D eigenvalue weighted by molar-refractivity contribution is 7.16. The Labute approximate surface area is 86.0 Å². The van der Waals surface area contributed by atoms with E-state index < -0.39 is 0 Å². The molecule has 2 rings (SSSR count). The first-order chi connectivity index (χ1) is 6.70. The summed E-state index contributed by atoms with van der Waals surface area (Å²) in [5.41, 5.74) is 5.85. The average molecular weight is 211 g/mol. The summed E-state index contributed by atoms with van der Waals surface area (Å²) in [5, 5.41) is 13.4. The largest absolute Gasteiger partial charge is 0.327 e. The van der Waals surface area contributed by atoms with Crippen LogP contribution in [0.5, 0.6) is 0 Å². The second-order valence-electron chi connectivity index (χ2n) is 3.31. The number of hydrogen-bond acceptors (Lipinski definition) is 5. The predicted molar refractivity (Wildman–Crippen MR) is 55.4 cm³/mol. The molecule has 14 heavy (non-hydrogen) atoms. The highest BCUT2D eigenvalue weighted by Crippen LogP contribution is 2.15. The zero-order chi connectivity index (χ0) is 10.1. The van der Waals surface area contributed by atoms with Crippen molar-refractivity contribution in [2.24, 2.45) is 5.73 Å². The van der Waals surface area contributed by atoms with Gasteiger partial charge in [0.1, 0.15) is 5.01 Å². The fourth-order valence-electron chi connectivity index (χ4n) is 1.21. The fourth-order valence-corrected chi connectivity index (χ4v) is 2.18. The molecule has 0 saturated carbocycles. The third-order valence-corrected chi connectivity index (χ3v) is 3.07. The first kappa shape index (κ1) is 9.54. The van der Waals surface area contributed by atoms with Crippen molar-refractivity contribution in [3.8, 4) is 0 Å². The topological polar surface area (TPSA) is 69.1 Å². The standard InChI is InChI=1S/C8H13N5S/c1-3-6(9)4-7-12-13-5(2)10-11-8(13)14-7/h6H,3-4,9H2,1-2H3. The molecule has 2 N–H and O–H groups in total. The molecule has 2 aromatic rings. The maximum Gasteiger partial charge on any atom is 0.234 e. The van der Waals surface area contributed by atoms with E-state index in [0.717, 1.165) is 28.6 Å². The summed E-state index contributed by atoms with van der Waals surface area (Å²) in [6, 6.07) is 0.194. The first-order valence-corrected chi connectivity index (χ1v) is 5.45. The Kier molecular flexibility index (Phi) is 2.47. The van der Waals surface area contributed by atoms with Crippen LogP contribution in [0.1, 0.15) is 24.2 Å². The molecule has 0 aliphatic rings. The van der Waals surface area contributed by atoms with E-state index in [2.05, 4.69) is 22.2 Å². The summed E-state index contributed by atoms with van der Waals surface area (Å²) < 4.78 is 1.77. The molecule has 0 aromatic carbocycles.